The van der Waals surface area contributed by atoms with Crippen LogP contribution in [0, 0.1) is 0 Å². The van der Waals surface area contributed by atoms with Crippen molar-refractivity contribution in [1.82, 2.24) is 0 Å². The first kappa shape index (κ1) is 14.2. The van der Waals surface area contributed by atoms with E-state index in [2.05, 4.69) is 0 Å². The zero-order valence-electron chi connectivity index (χ0n) is 11.3. The van der Waals surface area contributed by atoms with Crippen molar-refractivity contribution < 1.29 is 13.2 Å². The van der Waals surface area contributed by atoms with E-state index in [4.69, 9.17) is 10.5 Å². The summed E-state index contributed by atoms with van der Waals surface area (Å²) < 4.78 is 31.2. The molecule has 0 atom stereocenters. The van der Waals surface area contributed by atoms with Gasteiger partial charge in [-0.25, -0.2) is 8.42 Å². The highest BCUT2D eigenvalue weighted by atomic mass is 32.2. The number of methoxy groups -OCH3 is 1. The van der Waals surface area contributed by atoms with Gasteiger partial charge < -0.3 is 10.5 Å². The molecule has 2 N–H and O–H groups in total. The van der Waals surface area contributed by atoms with E-state index in [0.29, 0.717) is 17.1 Å². The van der Waals surface area contributed by atoms with E-state index < -0.39 is 10.0 Å². The molecule has 6 heteroatoms. The molecule has 2 aromatic carbocycles. The molecule has 0 saturated carbocycles. The maximum absolute atomic E-state index is 12.5. The lowest BCUT2D eigenvalue weighted by molar-refractivity contribution is 0.414. The lowest BCUT2D eigenvalue weighted by Crippen LogP contribution is -2.27. The Kier molecular flexibility index (Phi) is 3.85. The number of para-hydroxylation sites is 2. The Morgan fingerprint density at radius 3 is 2.20 bits per heavy atom. The molecule has 0 spiro atoms. The van der Waals surface area contributed by atoms with Crippen molar-refractivity contribution in [3.05, 3.63) is 48.5 Å². The maximum Gasteiger partial charge on any atom is 0.264 e. The summed E-state index contributed by atoms with van der Waals surface area (Å²) in [5.74, 6) is 0.603. The zero-order valence-corrected chi connectivity index (χ0v) is 12.1. The molecular weight excluding hydrogens is 276 g/mol. The van der Waals surface area contributed by atoms with Crippen LogP contribution in [-0.4, -0.2) is 22.6 Å². The van der Waals surface area contributed by atoms with Gasteiger partial charge in [-0.3, -0.25) is 4.31 Å². The van der Waals surface area contributed by atoms with Gasteiger partial charge in [0.1, 0.15) is 5.75 Å². The summed E-state index contributed by atoms with van der Waals surface area (Å²) in [6, 6.07) is 13.0. The standard InChI is InChI=1S/C14H16N2O3S/c1-16(14-6-4-3-5-13(14)15)20(17,18)12-9-7-11(19-2)8-10-12/h3-10H,15H2,1-2H3. The van der Waals surface area contributed by atoms with Gasteiger partial charge in [-0.2, -0.15) is 0 Å². The Balaban J connectivity index is 2.41. The minimum absolute atomic E-state index is 0.184. The molecule has 20 heavy (non-hydrogen) atoms. The fraction of sp³-hybridized carbons (Fsp3) is 0.143. The van der Waals surface area contributed by atoms with Gasteiger partial charge in [0.25, 0.3) is 10.0 Å². The quantitative estimate of drug-likeness (QED) is 0.876. The summed E-state index contributed by atoms with van der Waals surface area (Å²) in [6.07, 6.45) is 0. The van der Waals surface area contributed by atoms with Gasteiger partial charge in [-0.1, -0.05) is 12.1 Å². The van der Waals surface area contributed by atoms with Gasteiger partial charge in [-0.15, -0.1) is 0 Å². The van der Waals surface area contributed by atoms with Crippen LogP contribution in [0.1, 0.15) is 0 Å². The minimum Gasteiger partial charge on any atom is -0.497 e. The highest BCUT2D eigenvalue weighted by Crippen LogP contribution is 2.27. The van der Waals surface area contributed by atoms with Crippen molar-refractivity contribution in [2.45, 2.75) is 4.90 Å². The number of nitrogens with two attached hydrogens (primary N) is 1. The summed E-state index contributed by atoms with van der Waals surface area (Å²) in [6.45, 7) is 0. The van der Waals surface area contributed by atoms with Crippen LogP contribution in [0.3, 0.4) is 0 Å². The second kappa shape index (κ2) is 5.42. The monoisotopic (exact) mass is 292 g/mol. The molecule has 106 valence electrons. The van der Waals surface area contributed by atoms with Crippen LogP contribution in [0.4, 0.5) is 11.4 Å². The molecule has 0 heterocycles. The molecule has 5 nitrogen and oxygen atoms in total. The molecule has 2 aromatic rings. The van der Waals surface area contributed by atoms with E-state index >= 15 is 0 Å². The number of benzene rings is 2. The van der Waals surface area contributed by atoms with E-state index in [0.717, 1.165) is 0 Å². The summed E-state index contributed by atoms with van der Waals surface area (Å²) in [5.41, 5.74) is 6.67. The summed E-state index contributed by atoms with van der Waals surface area (Å²) in [4.78, 5) is 0.184. The number of hydrogen-bond acceptors (Lipinski definition) is 4. The van der Waals surface area contributed by atoms with Crippen molar-refractivity contribution in [2.24, 2.45) is 0 Å². The minimum atomic E-state index is -3.64. The highest BCUT2D eigenvalue weighted by Gasteiger charge is 2.22. The molecule has 0 aromatic heterocycles. The van der Waals surface area contributed by atoms with Crippen LogP contribution in [0.15, 0.2) is 53.4 Å². The molecule has 0 aliphatic carbocycles. The summed E-state index contributed by atoms with van der Waals surface area (Å²) in [7, 11) is -0.636. The molecule has 2 rings (SSSR count). The number of rotatable bonds is 4. The Hall–Kier alpha value is -2.21. The van der Waals surface area contributed by atoms with E-state index in [-0.39, 0.29) is 4.90 Å². The van der Waals surface area contributed by atoms with Crippen molar-refractivity contribution in [1.29, 1.82) is 0 Å². The maximum atomic E-state index is 12.5. The number of nitrogen functional groups attached to an aromatic ring is 1. The van der Waals surface area contributed by atoms with Gasteiger partial charge in [-0.05, 0) is 36.4 Å². The van der Waals surface area contributed by atoms with Gasteiger partial charge in [0.05, 0.1) is 23.4 Å². The molecule has 0 unspecified atom stereocenters. The van der Waals surface area contributed by atoms with Crippen molar-refractivity contribution in [3.8, 4) is 5.75 Å². The molecule has 0 fully saturated rings. The molecule has 0 amide bonds. The molecule has 0 bridgehead atoms. The van der Waals surface area contributed by atoms with Gasteiger partial charge in [0.15, 0.2) is 0 Å². The molecule has 0 radical (unpaired) electrons. The average molecular weight is 292 g/mol. The Bertz CT molecular complexity index is 697. The summed E-state index contributed by atoms with van der Waals surface area (Å²) >= 11 is 0. The number of ether oxygens (including phenoxy) is 1. The first-order valence-electron chi connectivity index (χ1n) is 5.94. The Morgan fingerprint density at radius 1 is 1.05 bits per heavy atom. The largest absolute Gasteiger partial charge is 0.497 e. The van der Waals surface area contributed by atoms with Crippen molar-refractivity contribution in [3.63, 3.8) is 0 Å². The zero-order chi connectivity index (χ0) is 14.8. The normalized spacial score (nSPS) is 11.1. The predicted octanol–water partition coefficient (Wildman–Crippen LogP) is 2.10. The van der Waals surface area contributed by atoms with E-state index in [1.807, 2.05) is 0 Å². The van der Waals surface area contributed by atoms with E-state index in [1.54, 1.807) is 36.4 Å². The van der Waals surface area contributed by atoms with Crippen molar-refractivity contribution >= 4 is 21.4 Å². The van der Waals surface area contributed by atoms with Crippen LogP contribution in [0.2, 0.25) is 0 Å². The number of hydrogen-bond donors (Lipinski definition) is 1. The smallest absolute Gasteiger partial charge is 0.264 e. The third-order valence-electron chi connectivity index (χ3n) is 2.99. The van der Waals surface area contributed by atoms with Gasteiger partial charge in [0.2, 0.25) is 0 Å². The third kappa shape index (κ3) is 2.55. The number of nitrogens with zero attached hydrogens (tertiary/aromatic N) is 1. The lowest BCUT2D eigenvalue weighted by atomic mass is 10.3. The molecule has 0 aliphatic heterocycles. The topological polar surface area (TPSA) is 72.6 Å². The molecular formula is C14H16N2O3S. The fourth-order valence-electron chi connectivity index (χ4n) is 1.81. The summed E-state index contributed by atoms with van der Waals surface area (Å²) in [5, 5.41) is 0. The highest BCUT2D eigenvalue weighted by molar-refractivity contribution is 7.92. The predicted molar refractivity (Wildman–Crippen MR) is 79.4 cm³/mol. The first-order chi connectivity index (χ1) is 9.46. The van der Waals surface area contributed by atoms with Crippen LogP contribution in [-0.2, 0) is 10.0 Å². The average Bonchev–Trinajstić information content (AvgIpc) is 2.47. The van der Waals surface area contributed by atoms with Crippen LogP contribution >= 0.6 is 0 Å². The van der Waals surface area contributed by atoms with E-state index in [9.17, 15) is 8.42 Å². The Labute approximate surface area is 118 Å². The second-order valence-electron chi connectivity index (χ2n) is 4.21. The van der Waals surface area contributed by atoms with E-state index in [1.165, 1.54) is 30.6 Å². The second-order valence-corrected chi connectivity index (χ2v) is 6.18. The Morgan fingerprint density at radius 2 is 1.65 bits per heavy atom. The molecule has 0 aliphatic rings. The SMILES string of the molecule is COc1ccc(S(=O)(=O)N(C)c2ccccc2N)cc1. The third-order valence-corrected chi connectivity index (χ3v) is 4.78. The molecule has 0 saturated heterocycles. The van der Waals surface area contributed by atoms with Crippen LogP contribution in [0.25, 0.3) is 0 Å². The van der Waals surface area contributed by atoms with Crippen LogP contribution < -0.4 is 14.8 Å². The number of anilines is 2. The first-order valence-corrected chi connectivity index (χ1v) is 7.38. The lowest BCUT2D eigenvalue weighted by Gasteiger charge is -2.21. The number of sulfonamides is 1. The van der Waals surface area contributed by atoms with Crippen molar-refractivity contribution in [2.75, 3.05) is 24.2 Å². The van der Waals surface area contributed by atoms with Gasteiger partial charge >= 0.3 is 0 Å². The van der Waals surface area contributed by atoms with Gasteiger partial charge in [0, 0.05) is 7.05 Å². The van der Waals surface area contributed by atoms with Crippen LogP contribution in [0.5, 0.6) is 5.75 Å². The fourth-order valence-corrected chi connectivity index (χ4v) is 3.03.